The fourth-order valence-corrected chi connectivity index (χ4v) is 4.46. The van der Waals surface area contributed by atoms with E-state index in [9.17, 15) is 8.42 Å². The molecule has 0 N–H and O–H groups in total. The number of rotatable bonds is 3. The summed E-state index contributed by atoms with van der Waals surface area (Å²) in [7, 11) is -3.68. The van der Waals surface area contributed by atoms with Gasteiger partial charge in [0.1, 0.15) is 0 Å². The van der Waals surface area contributed by atoms with Gasteiger partial charge in [0.05, 0.1) is 29.2 Å². The van der Waals surface area contributed by atoms with Crippen LogP contribution in [0.4, 0.5) is 0 Å². The molecule has 1 heterocycles. The van der Waals surface area contributed by atoms with Gasteiger partial charge in [-0.3, -0.25) is 0 Å². The molecule has 0 bridgehead atoms. The average molecular weight is 342 g/mol. The molecule has 3 rings (SSSR count). The van der Waals surface area contributed by atoms with E-state index < -0.39 is 10.0 Å². The van der Waals surface area contributed by atoms with E-state index in [-0.39, 0.29) is 23.6 Å². The highest BCUT2D eigenvalue weighted by molar-refractivity contribution is 7.89. The van der Waals surface area contributed by atoms with E-state index in [1.54, 1.807) is 12.1 Å². The Hall–Kier alpha value is -2.20. The lowest BCUT2D eigenvalue weighted by atomic mass is 10.1. The summed E-state index contributed by atoms with van der Waals surface area (Å²) in [4.78, 5) is 0.141. The standard InChI is InChI=1S/C18H18N2O3S/c1-14-13-23-18(16-7-3-2-4-8-16)12-20(14)24(21,22)17-9-5-6-15(10-17)11-19/h2-10,14,18H,12-13H2,1H3/t14-,18-/m0/s1. The van der Waals surface area contributed by atoms with E-state index in [1.807, 2.05) is 43.3 Å². The van der Waals surface area contributed by atoms with Crippen LogP contribution in [-0.4, -0.2) is 31.9 Å². The second kappa shape index (κ2) is 6.73. The van der Waals surface area contributed by atoms with Gasteiger partial charge in [-0.25, -0.2) is 8.42 Å². The van der Waals surface area contributed by atoms with Crippen LogP contribution in [0, 0.1) is 11.3 Å². The minimum Gasteiger partial charge on any atom is -0.370 e. The number of morpholine rings is 1. The van der Waals surface area contributed by atoms with Gasteiger partial charge in [0.15, 0.2) is 0 Å². The summed E-state index contributed by atoms with van der Waals surface area (Å²) >= 11 is 0. The second-order valence-corrected chi connectivity index (χ2v) is 7.69. The van der Waals surface area contributed by atoms with Gasteiger partial charge in [-0.05, 0) is 30.7 Å². The molecule has 0 unspecified atom stereocenters. The van der Waals surface area contributed by atoms with E-state index in [2.05, 4.69) is 0 Å². The van der Waals surface area contributed by atoms with Gasteiger partial charge in [-0.1, -0.05) is 36.4 Å². The number of sulfonamides is 1. The minimum absolute atomic E-state index is 0.141. The highest BCUT2D eigenvalue weighted by Gasteiger charge is 2.36. The van der Waals surface area contributed by atoms with Crippen LogP contribution in [0.15, 0.2) is 59.5 Å². The topological polar surface area (TPSA) is 70.4 Å². The Kier molecular flexibility index (Phi) is 4.67. The van der Waals surface area contributed by atoms with Gasteiger partial charge in [-0.15, -0.1) is 0 Å². The average Bonchev–Trinajstić information content (AvgIpc) is 2.62. The summed E-state index contributed by atoms with van der Waals surface area (Å²) < 4.78 is 33.3. The maximum atomic E-state index is 13.0. The van der Waals surface area contributed by atoms with Gasteiger partial charge < -0.3 is 4.74 Å². The number of nitrogens with zero attached hydrogens (tertiary/aromatic N) is 2. The van der Waals surface area contributed by atoms with Gasteiger partial charge in [-0.2, -0.15) is 9.57 Å². The number of benzene rings is 2. The molecule has 0 saturated carbocycles. The fourth-order valence-electron chi connectivity index (χ4n) is 2.80. The Morgan fingerprint density at radius 1 is 1.17 bits per heavy atom. The van der Waals surface area contributed by atoms with Gasteiger partial charge in [0.2, 0.25) is 10.0 Å². The monoisotopic (exact) mass is 342 g/mol. The Balaban J connectivity index is 1.92. The summed E-state index contributed by atoms with van der Waals surface area (Å²) in [6.45, 7) is 2.41. The van der Waals surface area contributed by atoms with Crippen molar-refractivity contribution in [3.63, 3.8) is 0 Å². The predicted octanol–water partition coefficient (Wildman–Crippen LogP) is 2.71. The molecule has 124 valence electrons. The zero-order chi connectivity index (χ0) is 17.2. The first-order valence-corrected chi connectivity index (χ1v) is 9.15. The third-order valence-electron chi connectivity index (χ3n) is 4.12. The van der Waals surface area contributed by atoms with Crippen molar-refractivity contribution in [2.75, 3.05) is 13.2 Å². The molecule has 0 spiro atoms. The van der Waals surface area contributed by atoms with E-state index in [0.29, 0.717) is 12.2 Å². The van der Waals surface area contributed by atoms with E-state index in [1.165, 1.54) is 16.4 Å². The first-order chi connectivity index (χ1) is 11.5. The van der Waals surface area contributed by atoms with Crippen LogP contribution in [0.1, 0.15) is 24.2 Å². The number of nitriles is 1. The van der Waals surface area contributed by atoms with Crippen molar-refractivity contribution < 1.29 is 13.2 Å². The molecular formula is C18H18N2O3S. The van der Waals surface area contributed by atoms with Crippen LogP contribution < -0.4 is 0 Å². The lowest BCUT2D eigenvalue weighted by molar-refractivity contribution is -0.0288. The Labute approximate surface area is 142 Å². The zero-order valence-corrected chi connectivity index (χ0v) is 14.1. The molecule has 1 saturated heterocycles. The molecular weight excluding hydrogens is 324 g/mol. The van der Waals surface area contributed by atoms with Crippen molar-refractivity contribution in [3.8, 4) is 6.07 Å². The van der Waals surface area contributed by atoms with Gasteiger partial charge >= 0.3 is 0 Å². The smallest absolute Gasteiger partial charge is 0.243 e. The van der Waals surface area contributed by atoms with Crippen molar-refractivity contribution in [2.24, 2.45) is 0 Å². The highest BCUT2D eigenvalue weighted by atomic mass is 32.2. The molecule has 1 fully saturated rings. The molecule has 24 heavy (non-hydrogen) atoms. The molecule has 1 aliphatic heterocycles. The number of ether oxygens (including phenoxy) is 1. The number of hydrogen-bond donors (Lipinski definition) is 0. The third-order valence-corrected chi connectivity index (χ3v) is 6.09. The third kappa shape index (κ3) is 3.20. The quantitative estimate of drug-likeness (QED) is 0.860. The van der Waals surface area contributed by atoms with Crippen LogP contribution in [0.25, 0.3) is 0 Å². The Bertz CT molecular complexity index is 859. The van der Waals surface area contributed by atoms with Gasteiger partial charge in [0.25, 0.3) is 0 Å². The maximum Gasteiger partial charge on any atom is 0.243 e. The maximum absolute atomic E-state index is 13.0. The highest BCUT2D eigenvalue weighted by Crippen LogP contribution is 2.29. The Morgan fingerprint density at radius 3 is 2.62 bits per heavy atom. The normalized spacial score (nSPS) is 22.0. The summed E-state index contributed by atoms with van der Waals surface area (Å²) in [6.07, 6.45) is -0.295. The van der Waals surface area contributed by atoms with E-state index in [0.717, 1.165) is 5.56 Å². The summed E-state index contributed by atoms with van der Waals surface area (Å²) in [5.74, 6) is 0. The largest absolute Gasteiger partial charge is 0.370 e. The lowest BCUT2D eigenvalue weighted by Crippen LogP contribution is -2.48. The molecule has 1 aliphatic rings. The SMILES string of the molecule is C[C@H]1CO[C@H](c2ccccc2)CN1S(=O)(=O)c1cccc(C#N)c1. The molecule has 0 amide bonds. The van der Waals surface area contributed by atoms with Crippen molar-refractivity contribution >= 4 is 10.0 Å². The van der Waals surface area contributed by atoms with E-state index in [4.69, 9.17) is 10.00 Å². The van der Waals surface area contributed by atoms with Crippen LogP contribution >= 0.6 is 0 Å². The number of hydrogen-bond acceptors (Lipinski definition) is 4. The first kappa shape index (κ1) is 16.7. The molecule has 5 nitrogen and oxygen atoms in total. The minimum atomic E-state index is -3.68. The van der Waals surface area contributed by atoms with Crippen molar-refractivity contribution in [1.29, 1.82) is 5.26 Å². The summed E-state index contributed by atoms with van der Waals surface area (Å²) in [5.41, 5.74) is 1.28. The predicted molar refractivity (Wildman–Crippen MR) is 89.6 cm³/mol. The van der Waals surface area contributed by atoms with Crippen LogP contribution in [0.5, 0.6) is 0 Å². The molecule has 0 aromatic heterocycles. The molecule has 6 heteroatoms. The second-order valence-electron chi connectivity index (χ2n) is 5.80. The molecule has 2 aromatic carbocycles. The van der Waals surface area contributed by atoms with Crippen LogP contribution in [0.3, 0.4) is 0 Å². The van der Waals surface area contributed by atoms with Crippen molar-refractivity contribution in [3.05, 3.63) is 65.7 Å². The van der Waals surface area contributed by atoms with Gasteiger partial charge in [0, 0.05) is 12.6 Å². The zero-order valence-electron chi connectivity index (χ0n) is 13.3. The molecule has 2 aromatic rings. The molecule has 2 atom stereocenters. The first-order valence-electron chi connectivity index (χ1n) is 7.71. The van der Waals surface area contributed by atoms with Crippen molar-refractivity contribution in [1.82, 2.24) is 4.31 Å². The van der Waals surface area contributed by atoms with Crippen LogP contribution in [0.2, 0.25) is 0 Å². The van der Waals surface area contributed by atoms with Crippen molar-refractivity contribution in [2.45, 2.75) is 24.0 Å². The lowest BCUT2D eigenvalue weighted by Gasteiger charge is -2.37. The fraction of sp³-hybridized carbons (Fsp3) is 0.278. The Morgan fingerprint density at radius 2 is 1.92 bits per heavy atom. The summed E-state index contributed by atoms with van der Waals surface area (Å²) in [5, 5.41) is 9.00. The summed E-state index contributed by atoms with van der Waals surface area (Å²) in [6, 6.07) is 17.4. The molecule has 0 radical (unpaired) electrons. The molecule has 0 aliphatic carbocycles. The van der Waals surface area contributed by atoms with E-state index >= 15 is 0 Å². The van der Waals surface area contributed by atoms with Crippen LogP contribution in [-0.2, 0) is 14.8 Å².